The molecule has 0 saturated heterocycles. The molecule has 9 nitrogen and oxygen atoms in total. The fraction of sp³-hybridized carbons (Fsp3) is 0. The van der Waals surface area contributed by atoms with E-state index in [9.17, 15) is 25.1 Å². The molecule has 0 fully saturated rings. The highest BCUT2D eigenvalue weighted by Gasteiger charge is 2.33. The molecule has 2 N–H and O–H groups in total. The van der Waals surface area contributed by atoms with Crippen molar-refractivity contribution in [1.29, 1.82) is 5.26 Å². The van der Waals surface area contributed by atoms with E-state index in [1.54, 1.807) is 6.07 Å². The lowest BCUT2D eigenvalue weighted by Gasteiger charge is -2.05. The van der Waals surface area contributed by atoms with E-state index in [-0.39, 0.29) is 5.76 Å². The van der Waals surface area contributed by atoms with Crippen LogP contribution in [0.4, 0.5) is 5.69 Å². The molecule has 2 aromatic rings. The minimum Gasteiger partial charge on any atom is -0.504 e. The fourth-order valence-electron chi connectivity index (χ4n) is 1.60. The molecule has 0 saturated carbocycles. The number of phenolic OH excluding ortho intramolecular Hbond substituents is 2. The number of carbonyl (C=O) groups is 1. The van der Waals surface area contributed by atoms with Gasteiger partial charge in [-0.05, 0) is 0 Å². The van der Waals surface area contributed by atoms with Gasteiger partial charge in [0, 0.05) is 12.1 Å². The first kappa shape index (κ1) is 13.0. The average Bonchev–Trinajstić information content (AvgIpc) is 2.93. The Morgan fingerprint density at radius 1 is 1.50 bits per heavy atom. The Balaban J connectivity index is 2.80. The third-order valence-electron chi connectivity index (χ3n) is 2.45. The summed E-state index contributed by atoms with van der Waals surface area (Å²) in [4.78, 5) is 22.0. The molecule has 1 aromatic carbocycles. The zero-order chi connectivity index (χ0) is 14.9. The second kappa shape index (κ2) is 4.69. The number of aromatic nitrogens is 1. The quantitative estimate of drug-likeness (QED) is 0.365. The number of ketones is 1. The number of nitro benzene ring substituents is 1. The summed E-state index contributed by atoms with van der Waals surface area (Å²) in [6.45, 7) is 0. The van der Waals surface area contributed by atoms with E-state index < -0.39 is 39.0 Å². The minimum absolute atomic E-state index is 0.338. The fourth-order valence-corrected chi connectivity index (χ4v) is 1.60. The molecule has 0 unspecified atom stereocenters. The first-order valence-corrected chi connectivity index (χ1v) is 5.06. The van der Waals surface area contributed by atoms with Gasteiger partial charge in [-0.15, -0.1) is 0 Å². The van der Waals surface area contributed by atoms with Gasteiger partial charge in [0.05, 0.1) is 16.7 Å². The number of nitro groups is 1. The molecule has 0 aliphatic rings. The van der Waals surface area contributed by atoms with Gasteiger partial charge in [0.1, 0.15) is 11.6 Å². The van der Waals surface area contributed by atoms with Crippen LogP contribution in [-0.2, 0) is 0 Å². The number of nitrogens with zero attached hydrogens (tertiary/aromatic N) is 3. The van der Waals surface area contributed by atoms with Crippen LogP contribution in [0.5, 0.6) is 11.5 Å². The smallest absolute Gasteiger partial charge is 0.327 e. The molecule has 100 valence electrons. The molecular weight excluding hydrogens is 270 g/mol. The molecule has 0 amide bonds. The molecule has 0 atom stereocenters. The number of rotatable bonds is 3. The molecular formula is C11H5N3O6. The van der Waals surface area contributed by atoms with Crippen molar-refractivity contribution in [3.8, 4) is 17.6 Å². The van der Waals surface area contributed by atoms with Crippen LogP contribution < -0.4 is 0 Å². The SMILES string of the molecule is N#Cc1cc(O)c(O)c([N+](=O)[O-])c1C(=O)c1ccno1. The summed E-state index contributed by atoms with van der Waals surface area (Å²) in [5.41, 5.74) is -2.21. The van der Waals surface area contributed by atoms with Crippen LogP contribution in [0.2, 0.25) is 0 Å². The molecule has 0 spiro atoms. The van der Waals surface area contributed by atoms with E-state index in [0.717, 1.165) is 18.3 Å². The van der Waals surface area contributed by atoms with Crippen LogP contribution in [0.15, 0.2) is 22.9 Å². The molecule has 0 aliphatic heterocycles. The molecule has 0 bridgehead atoms. The van der Waals surface area contributed by atoms with E-state index in [1.807, 2.05) is 0 Å². The maximum Gasteiger partial charge on any atom is 0.327 e. The maximum atomic E-state index is 12.1. The Morgan fingerprint density at radius 3 is 2.70 bits per heavy atom. The molecule has 20 heavy (non-hydrogen) atoms. The zero-order valence-electron chi connectivity index (χ0n) is 9.60. The van der Waals surface area contributed by atoms with Crippen LogP contribution in [0.3, 0.4) is 0 Å². The third-order valence-corrected chi connectivity index (χ3v) is 2.45. The van der Waals surface area contributed by atoms with E-state index in [2.05, 4.69) is 9.68 Å². The van der Waals surface area contributed by atoms with Gasteiger partial charge in [-0.1, -0.05) is 5.16 Å². The minimum atomic E-state index is -1.10. The van der Waals surface area contributed by atoms with Crippen molar-refractivity contribution in [3.63, 3.8) is 0 Å². The largest absolute Gasteiger partial charge is 0.504 e. The second-order valence-corrected chi connectivity index (χ2v) is 3.59. The average molecular weight is 275 g/mol. The Morgan fingerprint density at radius 2 is 2.20 bits per heavy atom. The first-order chi connectivity index (χ1) is 9.47. The van der Waals surface area contributed by atoms with Crippen LogP contribution in [0.1, 0.15) is 21.7 Å². The lowest BCUT2D eigenvalue weighted by molar-refractivity contribution is -0.386. The number of nitriles is 1. The van der Waals surface area contributed by atoms with E-state index in [1.165, 1.54) is 0 Å². The topological polar surface area (TPSA) is 150 Å². The molecule has 0 radical (unpaired) electrons. The van der Waals surface area contributed by atoms with Gasteiger partial charge in [-0.25, -0.2) is 0 Å². The third kappa shape index (κ3) is 1.91. The van der Waals surface area contributed by atoms with E-state index in [4.69, 9.17) is 5.26 Å². The lowest BCUT2D eigenvalue weighted by atomic mass is 9.99. The highest BCUT2D eigenvalue weighted by atomic mass is 16.6. The van der Waals surface area contributed by atoms with Gasteiger partial charge in [0.15, 0.2) is 5.75 Å². The van der Waals surface area contributed by atoms with Crippen LogP contribution >= 0.6 is 0 Å². The Hall–Kier alpha value is -3.41. The van der Waals surface area contributed by atoms with Gasteiger partial charge in [-0.2, -0.15) is 5.26 Å². The van der Waals surface area contributed by atoms with Gasteiger partial charge in [0.2, 0.25) is 17.3 Å². The standard InChI is InChI=1S/C11H5N3O6/c12-4-5-3-6(15)10(16)9(14(18)19)8(5)11(17)7-1-2-13-20-7/h1-3,15-16H. The summed E-state index contributed by atoms with van der Waals surface area (Å²) in [6, 6.07) is 3.45. The predicted octanol–water partition coefficient (Wildman–Crippen LogP) is 1.10. The number of benzene rings is 1. The Bertz CT molecular complexity index is 745. The first-order valence-electron chi connectivity index (χ1n) is 5.06. The summed E-state index contributed by atoms with van der Waals surface area (Å²) >= 11 is 0. The molecule has 2 rings (SSSR count). The molecule has 0 aliphatic carbocycles. The predicted molar refractivity (Wildman–Crippen MR) is 61.1 cm³/mol. The summed E-state index contributed by atoms with van der Waals surface area (Å²) in [6.07, 6.45) is 1.14. The van der Waals surface area contributed by atoms with Crippen molar-refractivity contribution < 1.29 is 24.5 Å². The van der Waals surface area contributed by atoms with E-state index in [0.29, 0.717) is 0 Å². The Kier molecular flexibility index (Phi) is 3.06. The van der Waals surface area contributed by atoms with Crippen molar-refractivity contribution >= 4 is 11.5 Å². The van der Waals surface area contributed by atoms with Gasteiger partial charge in [0.25, 0.3) is 0 Å². The number of aromatic hydroxyl groups is 2. The van der Waals surface area contributed by atoms with Crippen LogP contribution in [0.25, 0.3) is 0 Å². The maximum absolute atomic E-state index is 12.1. The highest BCUT2D eigenvalue weighted by molar-refractivity contribution is 6.12. The van der Waals surface area contributed by atoms with Gasteiger partial charge < -0.3 is 14.7 Å². The van der Waals surface area contributed by atoms with Crippen LogP contribution in [-0.4, -0.2) is 26.1 Å². The van der Waals surface area contributed by atoms with E-state index >= 15 is 0 Å². The van der Waals surface area contributed by atoms with Gasteiger partial charge in [-0.3, -0.25) is 14.9 Å². The molecule has 9 heteroatoms. The molecule has 1 aromatic heterocycles. The van der Waals surface area contributed by atoms with Crippen molar-refractivity contribution in [2.24, 2.45) is 0 Å². The van der Waals surface area contributed by atoms with Crippen molar-refractivity contribution in [2.45, 2.75) is 0 Å². The Labute approximate surface area is 110 Å². The normalized spacial score (nSPS) is 9.95. The van der Waals surface area contributed by atoms with Crippen LogP contribution in [0, 0.1) is 21.4 Å². The molecule has 1 heterocycles. The number of hydrogen-bond donors (Lipinski definition) is 2. The zero-order valence-corrected chi connectivity index (χ0v) is 9.60. The number of hydrogen-bond acceptors (Lipinski definition) is 8. The van der Waals surface area contributed by atoms with Gasteiger partial charge >= 0.3 is 5.69 Å². The number of carbonyl (C=O) groups excluding carboxylic acids is 1. The number of phenols is 2. The monoisotopic (exact) mass is 275 g/mol. The lowest BCUT2D eigenvalue weighted by Crippen LogP contribution is -2.08. The summed E-state index contributed by atoms with van der Waals surface area (Å²) in [5.74, 6) is -3.31. The second-order valence-electron chi connectivity index (χ2n) is 3.59. The highest BCUT2D eigenvalue weighted by Crippen LogP contribution is 2.40. The van der Waals surface area contributed by atoms with Crippen molar-refractivity contribution in [2.75, 3.05) is 0 Å². The summed E-state index contributed by atoms with van der Waals surface area (Å²) in [5, 5.41) is 42.0. The van der Waals surface area contributed by atoms with Crippen molar-refractivity contribution in [1.82, 2.24) is 5.16 Å². The van der Waals surface area contributed by atoms with Crippen molar-refractivity contribution in [3.05, 3.63) is 45.3 Å². The summed E-state index contributed by atoms with van der Waals surface area (Å²) in [7, 11) is 0. The summed E-state index contributed by atoms with van der Waals surface area (Å²) < 4.78 is 4.58.